The van der Waals surface area contributed by atoms with Crippen molar-refractivity contribution in [1.29, 1.82) is 0 Å². The summed E-state index contributed by atoms with van der Waals surface area (Å²) in [7, 11) is 0. The number of hydrogen-bond donors (Lipinski definition) is 2. The van der Waals surface area contributed by atoms with Crippen LogP contribution in [-0.4, -0.2) is 94.6 Å². The number of carbonyl (C=O) groups excluding carboxylic acids is 1. The van der Waals surface area contributed by atoms with E-state index in [-0.39, 0.29) is 0 Å². The summed E-state index contributed by atoms with van der Waals surface area (Å²) in [6, 6.07) is 0. The number of ether oxygens (including phenoxy) is 2. The molecule has 2 N–H and O–H groups in total. The molecule has 0 aromatic carbocycles. The Labute approximate surface area is 178 Å². The Morgan fingerprint density at radius 3 is 1.65 bits per heavy atom. The van der Waals surface area contributed by atoms with Crippen molar-refractivity contribution in [2.75, 3.05) is 19.8 Å². The molecule has 2 aliphatic carbocycles. The van der Waals surface area contributed by atoms with Gasteiger partial charge in [-0.1, -0.05) is 0 Å². The lowest BCUT2D eigenvalue weighted by molar-refractivity contribution is -0.563. The number of rotatable bonds is 6. The third-order valence-electron chi connectivity index (χ3n) is 5.86. The van der Waals surface area contributed by atoms with Crippen molar-refractivity contribution < 1.29 is 85.9 Å². The quantitative estimate of drug-likeness (QED) is 0.309. The molecule has 2 fully saturated rings. The Bertz CT molecular complexity index is 837. The number of aliphatic hydroxyl groups is 2. The molecule has 5 nitrogen and oxygen atoms in total. The Hall–Kier alpha value is -1.63. The highest BCUT2D eigenvalue weighted by Gasteiger charge is 3.13. The van der Waals surface area contributed by atoms with Crippen LogP contribution in [0, 0.1) is 0 Å². The maximum Gasteiger partial charge on any atom is 0.338 e. The summed E-state index contributed by atoms with van der Waals surface area (Å²) in [6.07, 6.45) is -6.06. The van der Waals surface area contributed by atoms with Gasteiger partial charge in [-0.25, -0.2) is 22.4 Å². The average Bonchev–Trinajstić information content (AvgIpc) is 2.68. The fraction of sp³-hybridized carbons (Fsp3) is 0.933. The Kier molecular flexibility index (Phi) is 6.06. The molecule has 0 aliphatic heterocycles. The van der Waals surface area contributed by atoms with Gasteiger partial charge in [-0.3, -0.25) is 0 Å². The Morgan fingerprint density at radius 1 is 0.765 bits per heavy atom. The van der Waals surface area contributed by atoms with Crippen LogP contribution in [0.3, 0.4) is 0 Å². The molecular weight excluding hydrogens is 526 g/mol. The van der Waals surface area contributed by atoms with Crippen molar-refractivity contribution in [3.8, 4) is 0 Å². The van der Waals surface area contributed by atoms with Crippen LogP contribution >= 0.6 is 0 Å². The van der Waals surface area contributed by atoms with Crippen molar-refractivity contribution >= 4 is 5.97 Å². The minimum atomic E-state index is -7.85. The zero-order chi connectivity index (χ0) is 27.2. The van der Waals surface area contributed by atoms with Crippen molar-refractivity contribution in [3.63, 3.8) is 0 Å². The van der Waals surface area contributed by atoms with Gasteiger partial charge >= 0.3 is 46.9 Å². The standard InChI is InChI=1S/C15H12F14O5/c1-7(32)11(20,21)9(19)13(24,25)8(18,6(16)17)14(26,27)10(12(7,22)23,15(9,28)29)34-3-2-33-5(31)4-30/h6,30,32H,2-4H2,1H3. The van der Waals surface area contributed by atoms with Crippen LogP contribution in [0.15, 0.2) is 0 Å². The van der Waals surface area contributed by atoms with E-state index in [0.29, 0.717) is 0 Å². The van der Waals surface area contributed by atoms with Crippen LogP contribution in [0.5, 0.6) is 0 Å². The SMILES string of the molecule is CC1(O)C(F)(F)C2(F)C(F)(F)C(F)(C(F)F)C(F)(F)C(OCCOC(=O)CO)(C1(F)F)C2(F)F. The first-order valence-electron chi connectivity index (χ1n) is 8.58. The highest BCUT2D eigenvalue weighted by molar-refractivity contribution is 5.70. The van der Waals surface area contributed by atoms with Gasteiger partial charge in [-0.15, -0.1) is 0 Å². The largest absolute Gasteiger partial charge is 0.462 e. The fourth-order valence-electron chi connectivity index (χ4n) is 3.95. The molecule has 19 heteroatoms. The van der Waals surface area contributed by atoms with E-state index in [1.165, 1.54) is 0 Å². The molecule has 0 saturated heterocycles. The summed E-state index contributed by atoms with van der Waals surface area (Å²) >= 11 is 0. The van der Waals surface area contributed by atoms with Gasteiger partial charge in [0, 0.05) is 0 Å². The van der Waals surface area contributed by atoms with E-state index in [0.717, 1.165) is 0 Å². The van der Waals surface area contributed by atoms with Crippen LogP contribution in [0.25, 0.3) is 0 Å². The normalized spacial score (nSPS) is 41.2. The van der Waals surface area contributed by atoms with Gasteiger partial charge in [0.05, 0.1) is 6.61 Å². The predicted octanol–water partition coefficient (Wildman–Crippen LogP) is 2.91. The third-order valence-corrected chi connectivity index (χ3v) is 5.86. The fourth-order valence-corrected chi connectivity index (χ4v) is 3.95. The molecule has 0 spiro atoms. The molecule has 0 heterocycles. The van der Waals surface area contributed by atoms with Gasteiger partial charge in [-0.05, 0) is 6.92 Å². The van der Waals surface area contributed by atoms with Gasteiger partial charge < -0.3 is 19.7 Å². The summed E-state index contributed by atoms with van der Waals surface area (Å²) in [5, 5.41) is 17.9. The number of aliphatic hydroxyl groups excluding tert-OH is 1. The van der Waals surface area contributed by atoms with E-state index in [2.05, 4.69) is 9.47 Å². The minimum Gasteiger partial charge on any atom is -0.462 e. The number of alkyl halides is 14. The lowest BCUT2D eigenvalue weighted by atomic mass is 9.49. The van der Waals surface area contributed by atoms with Crippen LogP contribution < -0.4 is 0 Å². The van der Waals surface area contributed by atoms with E-state index in [1.54, 1.807) is 0 Å². The predicted molar refractivity (Wildman–Crippen MR) is 75.8 cm³/mol. The number of carbonyl (C=O) groups is 1. The second kappa shape index (κ2) is 7.21. The van der Waals surface area contributed by atoms with Gasteiger partial charge in [0.25, 0.3) is 12.0 Å². The van der Waals surface area contributed by atoms with Crippen LogP contribution in [0.4, 0.5) is 61.5 Å². The molecule has 200 valence electrons. The molecule has 0 aromatic heterocycles. The van der Waals surface area contributed by atoms with Gasteiger partial charge in [0.15, 0.2) is 5.60 Å². The lowest BCUT2D eigenvalue weighted by Crippen LogP contribution is -3.01. The zero-order valence-electron chi connectivity index (χ0n) is 16.1. The van der Waals surface area contributed by atoms with Crippen LogP contribution in [0.2, 0.25) is 0 Å². The molecule has 4 atom stereocenters. The molecule has 4 unspecified atom stereocenters. The van der Waals surface area contributed by atoms with Crippen molar-refractivity contribution in [2.45, 2.75) is 65.5 Å². The van der Waals surface area contributed by atoms with E-state index < -0.39 is 91.3 Å². The number of fused-ring (bicyclic) bond motifs is 2. The monoisotopic (exact) mass is 538 g/mol. The van der Waals surface area contributed by atoms with Crippen LogP contribution in [0.1, 0.15) is 6.92 Å². The molecule has 2 aliphatic rings. The number of halogens is 14. The van der Waals surface area contributed by atoms with E-state index in [9.17, 15) is 67.0 Å². The summed E-state index contributed by atoms with van der Waals surface area (Å²) in [5.41, 5.74) is -28.1. The molecule has 0 amide bonds. The van der Waals surface area contributed by atoms with E-state index >= 15 is 4.39 Å². The second-order valence-corrected chi connectivity index (χ2v) is 7.52. The summed E-state index contributed by atoms with van der Waals surface area (Å²) in [4.78, 5) is 10.7. The topological polar surface area (TPSA) is 76.0 Å². The Balaban J connectivity index is 3.02. The smallest absolute Gasteiger partial charge is 0.338 e. The minimum absolute atomic E-state index is 1.06. The van der Waals surface area contributed by atoms with E-state index in [4.69, 9.17) is 5.11 Å². The first kappa shape index (κ1) is 28.6. The highest BCUT2D eigenvalue weighted by Crippen LogP contribution is 2.80. The molecule has 0 radical (unpaired) electrons. The van der Waals surface area contributed by atoms with Gasteiger partial charge in [0.2, 0.25) is 0 Å². The van der Waals surface area contributed by atoms with Gasteiger partial charge in [-0.2, -0.15) is 43.9 Å². The average molecular weight is 538 g/mol. The molecule has 2 saturated carbocycles. The second-order valence-electron chi connectivity index (χ2n) is 7.52. The molecule has 34 heavy (non-hydrogen) atoms. The van der Waals surface area contributed by atoms with E-state index in [1.807, 2.05) is 0 Å². The lowest BCUT2D eigenvalue weighted by Gasteiger charge is -2.68. The molecular formula is C15H12F14O5. The molecule has 2 rings (SSSR count). The maximum atomic E-state index is 15.1. The summed E-state index contributed by atoms with van der Waals surface area (Å²) in [6.45, 7) is -6.62. The van der Waals surface area contributed by atoms with Crippen LogP contribution in [-0.2, 0) is 14.3 Å². The summed E-state index contributed by atoms with van der Waals surface area (Å²) < 4.78 is 210. The third kappa shape index (κ3) is 2.40. The maximum absolute atomic E-state index is 15.1. The van der Waals surface area contributed by atoms with Gasteiger partial charge in [0.1, 0.15) is 13.2 Å². The number of esters is 1. The van der Waals surface area contributed by atoms with Crippen molar-refractivity contribution in [1.82, 2.24) is 0 Å². The first-order chi connectivity index (χ1) is 14.9. The zero-order valence-corrected chi connectivity index (χ0v) is 16.1. The highest BCUT2D eigenvalue weighted by atomic mass is 19.3. The first-order valence-corrected chi connectivity index (χ1v) is 8.58. The summed E-state index contributed by atoms with van der Waals surface area (Å²) in [5.74, 6) is -39.2. The number of hydrogen-bond acceptors (Lipinski definition) is 5. The van der Waals surface area contributed by atoms with Crippen molar-refractivity contribution in [2.24, 2.45) is 0 Å². The van der Waals surface area contributed by atoms with Crippen molar-refractivity contribution in [3.05, 3.63) is 0 Å². The molecule has 0 aromatic rings. The molecule has 2 bridgehead atoms. The Morgan fingerprint density at radius 2 is 1.24 bits per heavy atom.